The third kappa shape index (κ3) is 6.97. The fourth-order valence-electron chi connectivity index (χ4n) is 1.49. The summed E-state index contributed by atoms with van der Waals surface area (Å²) in [7, 11) is 3.25. The summed E-state index contributed by atoms with van der Waals surface area (Å²) in [5.41, 5.74) is 11.8. The van der Waals surface area contributed by atoms with Gasteiger partial charge in [-0.15, -0.1) is 0 Å². The molecule has 0 aliphatic heterocycles. The minimum absolute atomic E-state index is 0.0208. The molecule has 1 aromatic carbocycles. The maximum atomic E-state index is 10.0. The Morgan fingerprint density at radius 3 is 2.14 bits per heavy atom. The van der Waals surface area contributed by atoms with Gasteiger partial charge >= 0.3 is 5.97 Å². The molecule has 0 saturated carbocycles. The van der Waals surface area contributed by atoms with Crippen LogP contribution in [-0.2, 0) is 11.2 Å². The van der Waals surface area contributed by atoms with Crippen molar-refractivity contribution in [1.29, 1.82) is 0 Å². The Hall–Kier alpha value is -1.79. The quantitative estimate of drug-likeness (QED) is 0.729. The van der Waals surface area contributed by atoms with E-state index in [0.29, 0.717) is 6.54 Å². The third-order valence-electron chi connectivity index (χ3n) is 2.88. The van der Waals surface area contributed by atoms with Crippen LogP contribution in [0.15, 0.2) is 18.2 Å². The molecule has 0 aromatic heterocycles. The van der Waals surface area contributed by atoms with E-state index in [2.05, 4.69) is 0 Å². The number of benzene rings is 1. The van der Waals surface area contributed by atoms with Crippen LogP contribution >= 0.6 is 0 Å². The lowest BCUT2D eigenvalue weighted by atomic mass is 10.1. The highest BCUT2D eigenvalue weighted by atomic mass is 16.5. The van der Waals surface area contributed by atoms with Crippen molar-refractivity contribution in [1.82, 2.24) is 0 Å². The van der Waals surface area contributed by atoms with Gasteiger partial charge in [0.25, 0.3) is 0 Å². The molecule has 120 valence electrons. The highest BCUT2D eigenvalue weighted by molar-refractivity contribution is 5.73. The van der Waals surface area contributed by atoms with Crippen molar-refractivity contribution in [3.05, 3.63) is 23.8 Å². The lowest BCUT2D eigenvalue weighted by Gasteiger charge is -2.08. The molecule has 21 heavy (non-hydrogen) atoms. The van der Waals surface area contributed by atoms with Crippen LogP contribution in [0.5, 0.6) is 11.5 Å². The molecule has 0 aliphatic carbocycles. The number of methoxy groups -OCH3 is 2. The van der Waals surface area contributed by atoms with Gasteiger partial charge in [-0.25, -0.2) is 0 Å². The Kier molecular flexibility index (Phi) is 9.16. The van der Waals surface area contributed by atoms with Gasteiger partial charge in [-0.1, -0.05) is 19.9 Å². The number of carboxylic acids is 1. The average Bonchev–Trinajstić information content (AvgIpc) is 2.47. The standard InChI is InChI=1S/C10H15NO2.C5H11NO2/c1-12-9-4-3-8(5-6-11)7-10(9)13-2;1-3(2)4(6)5(7)8/h3-4,7H,5-6,11H2,1-2H3;3-4H,6H2,1-2H3,(H,7,8)/t;4-/m.0/s1. The summed E-state index contributed by atoms with van der Waals surface area (Å²) in [6, 6.07) is 5.12. The Balaban J connectivity index is 0.000000433. The summed E-state index contributed by atoms with van der Waals surface area (Å²) in [5, 5.41) is 8.23. The Labute approximate surface area is 126 Å². The third-order valence-corrected chi connectivity index (χ3v) is 2.88. The Bertz CT molecular complexity index is 436. The molecule has 1 aromatic rings. The maximum Gasteiger partial charge on any atom is 0.320 e. The predicted octanol–water partition coefficient (Wildman–Crippen LogP) is 1.26. The van der Waals surface area contributed by atoms with Gasteiger partial charge in [0.05, 0.1) is 14.2 Å². The van der Waals surface area contributed by atoms with Crippen LogP contribution in [0.4, 0.5) is 0 Å². The number of rotatable bonds is 6. The van der Waals surface area contributed by atoms with E-state index in [9.17, 15) is 4.79 Å². The summed E-state index contributed by atoms with van der Waals surface area (Å²) in [4.78, 5) is 10.0. The van der Waals surface area contributed by atoms with Gasteiger partial charge in [0, 0.05) is 0 Å². The van der Waals surface area contributed by atoms with E-state index in [-0.39, 0.29) is 5.92 Å². The normalized spacial score (nSPS) is 11.4. The van der Waals surface area contributed by atoms with Gasteiger partial charge in [0.1, 0.15) is 6.04 Å². The van der Waals surface area contributed by atoms with Gasteiger partial charge in [0.2, 0.25) is 0 Å². The first kappa shape index (κ1) is 19.2. The molecule has 0 spiro atoms. The molecule has 6 nitrogen and oxygen atoms in total. The topological polar surface area (TPSA) is 108 Å². The molecule has 6 heteroatoms. The predicted molar refractivity (Wildman–Crippen MR) is 82.8 cm³/mol. The van der Waals surface area contributed by atoms with E-state index >= 15 is 0 Å². The molecule has 5 N–H and O–H groups in total. The highest BCUT2D eigenvalue weighted by Crippen LogP contribution is 2.27. The molecule has 0 unspecified atom stereocenters. The van der Waals surface area contributed by atoms with E-state index in [1.165, 1.54) is 5.56 Å². The van der Waals surface area contributed by atoms with E-state index < -0.39 is 12.0 Å². The molecule has 0 bridgehead atoms. The fraction of sp³-hybridized carbons (Fsp3) is 0.533. The zero-order valence-corrected chi connectivity index (χ0v) is 13.1. The van der Waals surface area contributed by atoms with Gasteiger partial charge in [-0.2, -0.15) is 0 Å². The number of aliphatic carboxylic acids is 1. The summed E-state index contributed by atoms with van der Waals surface area (Å²) < 4.78 is 10.3. The minimum Gasteiger partial charge on any atom is -0.493 e. The monoisotopic (exact) mass is 298 g/mol. The number of carboxylic acid groups (broad SMARTS) is 1. The molecule has 0 heterocycles. The van der Waals surface area contributed by atoms with Crippen LogP contribution < -0.4 is 20.9 Å². The maximum absolute atomic E-state index is 10.0. The van der Waals surface area contributed by atoms with Crippen molar-refractivity contribution in [2.45, 2.75) is 26.3 Å². The van der Waals surface area contributed by atoms with Crippen molar-refractivity contribution >= 4 is 5.97 Å². The first-order chi connectivity index (χ1) is 9.87. The zero-order chi connectivity index (χ0) is 16.4. The van der Waals surface area contributed by atoms with Crippen LogP contribution in [-0.4, -0.2) is 37.9 Å². The molecular formula is C15H26N2O4. The summed E-state index contributed by atoms with van der Waals surface area (Å²) >= 11 is 0. The van der Waals surface area contributed by atoms with E-state index in [4.69, 9.17) is 26.0 Å². The SMILES string of the molecule is CC(C)[C@H](N)C(=O)O.COc1ccc(CCN)cc1OC. The van der Waals surface area contributed by atoms with Crippen LogP contribution in [0.1, 0.15) is 19.4 Å². The number of carbonyl (C=O) groups is 1. The number of ether oxygens (including phenoxy) is 2. The number of hydrogen-bond acceptors (Lipinski definition) is 5. The van der Waals surface area contributed by atoms with Gasteiger partial charge < -0.3 is 26.0 Å². The minimum atomic E-state index is -0.931. The Morgan fingerprint density at radius 1 is 1.24 bits per heavy atom. The van der Waals surface area contributed by atoms with Crippen molar-refractivity contribution in [2.75, 3.05) is 20.8 Å². The second-order valence-corrected chi connectivity index (χ2v) is 4.84. The van der Waals surface area contributed by atoms with E-state index in [0.717, 1.165) is 17.9 Å². The zero-order valence-electron chi connectivity index (χ0n) is 13.1. The lowest BCUT2D eigenvalue weighted by molar-refractivity contribution is -0.139. The van der Waals surface area contributed by atoms with Crippen molar-refractivity contribution in [3.63, 3.8) is 0 Å². The molecule has 0 aliphatic rings. The van der Waals surface area contributed by atoms with E-state index in [1.54, 1.807) is 28.1 Å². The average molecular weight is 298 g/mol. The summed E-state index contributed by atoms with van der Waals surface area (Å²) in [5.74, 6) is 0.601. The van der Waals surface area contributed by atoms with Crippen LogP contribution in [0, 0.1) is 5.92 Å². The molecule has 0 radical (unpaired) electrons. The number of nitrogens with two attached hydrogens (primary N) is 2. The van der Waals surface area contributed by atoms with Crippen LogP contribution in [0.3, 0.4) is 0 Å². The number of hydrogen-bond donors (Lipinski definition) is 3. The Morgan fingerprint density at radius 2 is 1.81 bits per heavy atom. The smallest absolute Gasteiger partial charge is 0.320 e. The fourth-order valence-corrected chi connectivity index (χ4v) is 1.49. The first-order valence-electron chi connectivity index (χ1n) is 6.76. The molecule has 0 saturated heterocycles. The van der Waals surface area contributed by atoms with E-state index in [1.807, 2.05) is 18.2 Å². The van der Waals surface area contributed by atoms with Crippen LogP contribution in [0.25, 0.3) is 0 Å². The van der Waals surface area contributed by atoms with Crippen LogP contribution in [0.2, 0.25) is 0 Å². The van der Waals surface area contributed by atoms with Crippen molar-refractivity contribution in [2.24, 2.45) is 17.4 Å². The molecule has 1 atom stereocenters. The molecular weight excluding hydrogens is 272 g/mol. The first-order valence-corrected chi connectivity index (χ1v) is 6.76. The summed E-state index contributed by atoms with van der Waals surface area (Å²) in [6.07, 6.45) is 0.861. The lowest BCUT2D eigenvalue weighted by Crippen LogP contribution is -2.34. The second-order valence-electron chi connectivity index (χ2n) is 4.84. The van der Waals surface area contributed by atoms with Gasteiger partial charge in [-0.3, -0.25) is 4.79 Å². The molecule has 0 fully saturated rings. The van der Waals surface area contributed by atoms with Gasteiger partial charge in [-0.05, 0) is 36.6 Å². The highest BCUT2D eigenvalue weighted by Gasteiger charge is 2.14. The second kappa shape index (κ2) is 10.0. The summed E-state index contributed by atoms with van der Waals surface area (Å²) in [6.45, 7) is 4.20. The molecule has 1 rings (SSSR count). The van der Waals surface area contributed by atoms with Crippen molar-refractivity contribution < 1.29 is 19.4 Å². The van der Waals surface area contributed by atoms with Gasteiger partial charge in [0.15, 0.2) is 11.5 Å². The van der Waals surface area contributed by atoms with Crippen molar-refractivity contribution in [3.8, 4) is 11.5 Å². The molecule has 0 amide bonds. The largest absolute Gasteiger partial charge is 0.493 e.